The maximum Gasteiger partial charge on any atom is 0.352 e. The fourth-order valence-electron chi connectivity index (χ4n) is 0.957. The molecule has 0 aliphatic rings. The molecule has 3 heteroatoms. The van der Waals surface area contributed by atoms with Crippen LogP contribution in [0.1, 0.15) is 37.0 Å². The van der Waals surface area contributed by atoms with Crippen LogP contribution < -0.4 is 0 Å². The van der Waals surface area contributed by atoms with Gasteiger partial charge in [0.2, 0.25) is 0 Å². The zero-order valence-electron chi connectivity index (χ0n) is 7.51. The summed E-state index contributed by atoms with van der Waals surface area (Å²) in [4.78, 5) is 13.4. The molecule has 3 nitrogen and oxygen atoms in total. The number of H-pyrrole nitrogens is 1. The van der Waals surface area contributed by atoms with E-state index in [0.29, 0.717) is 0 Å². The van der Waals surface area contributed by atoms with E-state index in [4.69, 9.17) is 5.11 Å². The van der Waals surface area contributed by atoms with Crippen molar-refractivity contribution in [2.45, 2.75) is 26.2 Å². The maximum atomic E-state index is 10.5. The summed E-state index contributed by atoms with van der Waals surface area (Å²) < 4.78 is 0. The molecule has 0 bridgehead atoms. The van der Waals surface area contributed by atoms with E-state index in [-0.39, 0.29) is 11.1 Å². The SMILES string of the molecule is CC(C)(C)c1ccc(C(=O)O)[nH]1. The summed E-state index contributed by atoms with van der Waals surface area (Å²) in [6.07, 6.45) is 0. The number of carbonyl (C=O) groups is 1. The molecule has 1 aromatic rings. The first-order valence-corrected chi connectivity index (χ1v) is 3.84. The summed E-state index contributed by atoms with van der Waals surface area (Å²) in [6.45, 7) is 6.10. The predicted octanol–water partition coefficient (Wildman–Crippen LogP) is 2.01. The van der Waals surface area contributed by atoms with Gasteiger partial charge in [-0.1, -0.05) is 20.8 Å². The Morgan fingerprint density at radius 1 is 1.42 bits per heavy atom. The quantitative estimate of drug-likeness (QED) is 0.672. The van der Waals surface area contributed by atoms with Gasteiger partial charge in [0.05, 0.1) is 0 Å². The molecule has 66 valence electrons. The van der Waals surface area contributed by atoms with E-state index in [1.54, 1.807) is 6.07 Å². The number of nitrogens with one attached hydrogen (secondary N) is 1. The topological polar surface area (TPSA) is 53.1 Å². The lowest BCUT2D eigenvalue weighted by atomic mass is 9.93. The summed E-state index contributed by atoms with van der Waals surface area (Å²) in [5, 5.41) is 8.63. The Morgan fingerprint density at radius 2 is 2.00 bits per heavy atom. The Kier molecular flexibility index (Phi) is 1.96. The lowest BCUT2D eigenvalue weighted by molar-refractivity contribution is 0.0691. The highest BCUT2D eigenvalue weighted by Gasteiger charge is 2.16. The van der Waals surface area contributed by atoms with Crippen molar-refractivity contribution in [2.75, 3.05) is 0 Å². The molecule has 0 saturated heterocycles. The zero-order valence-corrected chi connectivity index (χ0v) is 7.51. The third-order valence-electron chi connectivity index (χ3n) is 1.72. The van der Waals surface area contributed by atoms with Crippen molar-refractivity contribution in [1.82, 2.24) is 4.98 Å². The second-order valence-electron chi connectivity index (χ2n) is 3.84. The summed E-state index contributed by atoms with van der Waals surface area (Å²) >= 11 is 0. The van der Waals surface area contributed by atoms with Crippen molar-refractivity contribution < 1.29 is 9.90 Å². The predicted molar refractivity (Wildman–Crippen MR) is 46.5 cm³/mol. The number of aromatic nitrogens is 1. The second-order valence-corrected chi connectivity index (χ2v) is 3.84. The molecule has 0 saturated carbocycles. The highest BCUT2D eigenvalue weighted by atomic mass is 16.4. The number of hydrogen-bond acceptors (Lipinski definition) is 1. The van der Waals surface area contributed by atoms with Gasteiger partial charge in [0.15, 0.2) is 0 Å². The molecular formula is C9H13NO2. The third kappa shape index (κ3) is 1.67. The molecule has 0 aromatic carbocycles. The number of aromatic carboxylic acids is 1. The molecule has 0 aliphatic carbocycles. The van der Waals surface area contributed by atoms with Crippen LogP contribution in [-0.2, 0) is 5.41 Å². The van der Waals surface area contributed by atoms with E-state index in [0.717, 1.165) is 5.69 Å². The van der Waals surface area contributed by atoms with Crippen LogP contribution in [0, 0.1) is 0 Å². The van der Waals surface area contributed by atoms with Gasteiger partial charge in [-0.3, -0.25) is 0 Å². The minimum atomic E-state index is -0.912. The van der Waals surface area contributed by atoms with Gasteiger partial charge in [0.1, 0.15) is 5.69 Å². The van der Waals surface area contributed by atoms with Crippen molar-refractivity contribution in [2.24, 2.45) is 0 Å². The maximum absolute atomic E-state index is 10.5. The molecule has 0 fully saturated rings. The van der Waals surface area contributed by atoms with Crippen molar-refractivity contribution >= 4 is 5.97 Å². The molecule has 2 N–H and O–H groups in total. The fourth-order valence-corrected chi connectivity index (χ4v) is 0.957. The van der Waals surface area contributed by atoms with Crippen LogP contribution in [0.4, 0.5) is 0 Å². The minimum absolute atomic E-state index is 0.0201. The summed E-state index contributed by atoms with van der Waals surface area (Å²) in [5.41, 5.74) is 1.17. The molecule has 0 spiro atoms. The zero-order chi connectivity index (χ0) is 9.35. The van der Waals surface area contributed by atoms with Gasteiger partial charge in [0, 0.05) is 11.1 Å². The van der Waals surface area contributed by atoms with Crippen molar-refractivity contribution in [3.05, 3.63) is 23.5 Å². The molecule has 1 aromatic heterocycles. The van der Waals surface area contributed by atoms with Crippen LogP contribution in [0.25, 0.3) is 0 Å². The first-order valence-electron chi connectivity index (χ1n) is 3.84. The number of aromatic amines is 1. The Balaban J connectivity index is 3.00. The van der Waals surface area contributed by atoms with E-state index < -0.39 is 5.97 Å². The van der Waals surface area contributed by atoms with Gasteiger partial charge in [0.25, 0.3) is 0 Å². The second kappa shape index (κ2) is 2.66. The highest BCUT2D eigenvalue weighted by Crippen LogP contribution is 2.20. The molecule has 0 aliphatic heterocycles. The number of carboxylic acids is 1. The molecule has 0 amide bonds. The molecular weight excluding hydrogens is 154 g/mol. The van der Waals surface area contributed by atoms with Gasteiger partial charge in [-0.15, -0.1) is 0 Å². The molecule has 12 heavy (non-hydrogen) atoms. The van der Waals surface area contributed by atoms with Crippen molar-refractivity contribution in [1.29, 1.82) is 0 Å². The lowest BCUT2D eigenvalue weighted by Gasteiger charge is -2.15. The lowest BCUT2D eigenvalue weighted by Crippen LogP contribution is -2.12. The van der Waals surface area contributed by atoms with Gasteiger partial charge in [-0.2, -0.15) is 0 Å². The number of rotatable bonds is 1. The van der Waals surface area contributed by atoms with Crippen LogP contribution in [-0.4, -0.2) is 16.1 Å². The van der Waals surface area contributed by atoms with Crippen LogP contribution in [0.15, 0.2) is 12.1 Å². The van der Waals surface area contributed by atoms with E-state index >= 15 is 0 Å². The van der Waals surface area contributed by atoms with E-state index in [1.165, 1.54) is 0 Å². The molecule has 0 atom stereocenters. The highest BCUT2D eigenvalue weighted by molar-refractivity contribution is 5.85. The molecule has 0 radical (unpaired) electrons. The van der Waals surface area contributed by atoms with Gasteiger partial charge in [-0.25, -0.2) is 4.79 Å². The van der Waals surface area contributed by atoms with E-state index in [2.05, 4.69) is 4.98 Å². The average molecular weight is 167 g/mol. The summed E-state index contributed by atoms with van der Waals surface area (Å²) in [7, 11) is 0. The Hall–Kier alpha value is -1.25. The Morgan fingerprint density at radius 3 is 2.25 bits per heavy atom. The van der Waals surface area contributed by atoms with Gasteiger partial charge < -0.3 is 10.1 Å². The van der Waals surface area contributed by atoms with E-state index in [1.807, 2.05) is 26.8 Å². The first kappa shape index (κ1) is 8.84. The minimum Gasteiger partial charge on any atom is -0.477 e. The number of hydrogen-bond donors (Lipinski definition) is 2. The molecule has 1 rings (SSSR count). The van der Waals surface area contributed by atoms with Crippen LogP contribution in [0.3, 0.4) is 0 Å². The van der Waals surface area contributed by atoms with E-state index in [9.17, 15) is 4.79 Å². The smallest absolute Gasteiger partial charge is 0.352 e. The average Bonchev–Trinajstić information content (AvgIpc) is 2.30. The summed E-state index contributed by atoms with van der Waals surface area (Å²) in [6, 6.07) is 3.40. The van der Waals surface area contributed by atoms with Crippen molar-refractivity contribution in [3.63, 3.8) is 0 Å². The Bertz CT molecular complexity index is 294. The first-order chi connectivity index (χ1) is 5.41. The van der Waals surface area contributed by atoms with Gasteiger partial charge >= 0.3 is 5.97 Å². The van der Waals surface area contributed by atoms with Gasteiger partial charge in [-0.05, 0) is 12.1 Å². The molecule has 1 heterocycles. The van der Waals surface area contributed by atoms with Crippen LogP contribution >= 0.6 is 0 Å². The molecule has 0 unspecified atom stereocenters. The van der Waals surface area contributed by atoms with Crippen LogP contribution in [0.2, 0.25) is 0 Å². The standard InChI is InChI=1S/C9H13NO2/c1-9(2,3)7-5-4-6(10-7)8(11)12/h4-5,10H,1-3H3,(H,11,12). The Labute approximate surface area is 71.4 Å². The third-order valence-corrected chi connectivity index (χ3v) is 1.72. The normalized spacial score (nSPS) is 11.6. The summed E-state index contributed by atoms with van der Waals surface area (Å²) in [5.74, 6) is -0.912. The largest absolute Gasteiger partial charge is 0.477 e. The monoisotopic (exact) mass is 167 g/mol. The number of carboxylic acid groups (broad SMARTS) is 1. The van der Waals surface area contributed by atoms with Crippen molar-refractivity contribution in [3.8, 4) is 0 Å². The van der Waals surface area contributed by atoms with Crippen LogP contribution in [0.5, 0.6) is 0 Å². The fraction of sp³-hybridized carbons (Fsp3) is 0.444.